The average Bonchev–Trinajstić information content (AvgIpc) is 2.64. The monoisotopic (exact) mass is 385 g/mol. The number of carbonyl (C=O) groups is 2. The lowest BCUT2D eigenvalue weighted by atomic mass is 10.1. The van der Waals surface area contributed by atoms with Crippen LogP contribution in [0.3, 0.4) is 0 Å². The van der Waals surface area contributed by atoms with Crippen LogP contribution in [-0.2, 0) is 9.53 Å². The Bertz CT molecular complexity index is 347. The molecule has 0 unspecified atom stereocenters. The number of nitrogens with one attached hydrogen (secondary N) is 1. The van der Waals surface area contributed by atoms with Crippen LogP contribution in [-0.4, -0.2) is 30.3 Å². The number of rotatable bonds is 20. The Morgan fingerprint density at radius 3 is 1.74 bits per heavy atom. The normalized spacial score (nSPS) is 10.7. The molecule has 0 saturated heterocycles. The molecule has 0 aromatic heterocycles. The number of esters is 1. The van der Waals surface area contributed by atoms with Crippen molar-refractivity contribution < 1.29 is 19.4 Å². The summed E-state index contributed by atoms with van der Waals surface area (Å²) in [6, 6.07) is 0. The van der Waals surface area contributed by atoms with Crippen molar-refractivity contribution in [2.75, 3.05) is 13.2 Å². The molecule has 0 rings (SSSR count). The molecule has 0 aromatic rings. The van der Waals surface area contributed by atoms with Gasteiger partial charge in [0.1, 0.15) is 0 Å². The van der Waals surface area contributed by atoms with Gasteiger partial charge in [0, 0.05) is 13.0 Å². The van der Waals surface area contributed by atoms with Gasteiger partial charge in [-0.3, -0.25) is 4.79 Å². The molecule has 0 atom stereocenters. The third kappa shape index (κ3) is 22.7. The zero-order chi connectivity index (χ0) is 20.0. The molecular weight excluding hydrogens is 342 g/mol. The van der Waals surface area contributed by atoms with Crippen LogP contribution in [0.4, 0.5) is 4.79 Å². The molecule has 0 aromatic carbocycles. The van der Waals surface area contributed by atoms with Gasteiger partial charge in [0.05, 0.1) is 6.61 Å². The first kappa shape index (κ1) is 25.7. The standard InChI is InChI=1S/C22H43NO4/c1-2-3-4-5-6-7-8-9-10-11-14-17-20-27-21(24)18-15-12-13-16-19-23-22(25)26/h23H,2-20H2,1H3,(H,25,26). The molecule has 0 spiro atoms. The number of carbonyl (C=O) groups excluding carboxylic acids is 1. The summed E-state index contributed by atoms with van der Waals surface area (Å²) < 4.78 is 5.26. The lowest BCUT2D eigenvalue weighted by Crippen LogP contribution is -2.21. The molecule has 0 heterocycles. The second kappa shape index (κ2) is 21.0. The van der Waals surface area contributed by atoms with Crippen LogP contribution in [0.2, 0.25) is 0 Å². The van der Waals surface area contributed by atoms with Gasteiger partial charge in [-0.15, -0.1) is 0 Å². The van der Waals surface area contributed by atoms with Gasteiger partial charge in [-0.05, 0) is 19.3 Å². The van der Waals surface area contributed by atoms with Gasteiger partial charge in [0.25, 0.3) is 0 Å². The minimum absolute atomic E-state index is 0.0956. The number of hydrogen-bond donors (Lipinski definition) is 2. The van der Waals surface area contributed by atoms with Gasteiger partial charge in [-0.2, -0.15) is 0 Å². The lowest BCUT2D eigenvalue weighted by molar-refractivity contribution is -0.143. The van der Waals surface area contributed by atoms with Crippen LogP contribution < -0.4 is 5.32 Å². The first-order valence-corrected chi connectivity index (χ1v) is 11.3. The maximum Gasteiger partial charge on any atom is 0.404 e. The Labute approximate surface area is 166 Å². The highest BCUT2D eigenvalue weighted by molar-refractivity contribution is 5.69. The zero-order valence-electron chi connectivity index (χ0n) is 17.6. The first-order valence-electron chi connectivity index (χ1n) is 11.3. The topological polar surface area (TPSA) is 75.6 Å². The molecule has 5 nitrogen and oxygen atoms in total. The Hall–Kier alpha value is -1.26. The summed E-state index contributed by atoms with van der Waals surface area (Å²) in [6.45, 7) is 3.30. The molecular formula is C22H43NO4. The molecule has 0 fully saturated rings. The first-order chi connectivity index (χ1) is 13.2. The third-order valence-corrected chi connectivity index (χ3v) is 4.84. The molecule has 0 aliphatic heterocycles. The summed E-state index contributed by atoms with van der Waals surface area (Å²) >= 11 is 0. The van der Waals surface area contributed by atoms with Crippen molar-refractivity contribution >= 4 is 12.1 Å². The molecule has 2 N–H and O–H groups in total. The van der Waals surface area contributed by atoms with Crippen molar-refractivity contribution in [1.29, 1.82) is 0 Å². The Morgan fingerprint density at radius 1 is 0.704 bits per heavy atom. The Kier molecular flexibility index (Phi) is 20.1. The van der Waals surface area contributed by atoms with E-state index in [4.69, 9.17) is 9.84 Å². The van der Waals surface area contributed by atoms with E-state index in [9.17, 15) is 9.59 Å². The van der Waals surface area contributed by atoms with E-state index in [1.165, 1.54) is 64.2 Å². The summed E-state index contributed by atoms with van der Waals surface area (Å²) in [4.78, 5) is 21.9. The summed E-state index contributed by atoms with van der Waals surface area (Å²) in [7, 11) is 0. The predicted molar refractivity (Wildman–Crippen MR) is 111 cm³/mol. The molecule has 0 aliphatic rings. The number of amides is 1. The molecule has 0 radical (unpaired) electrons. The van der Waals surface area contributed by atoms with E-state index in [2.05, 4.69) is 12.2 Å². The lowest BCUT2D eigenvalue weighted by Gasteiger charge is -2.05. The SMILES string of the molecule is CCCCCCCCCCCCCCOC(=O)CCCCCCNC(=O)O. The van der Waals surface area contributed by atoms with E-state index in [0.29, 0.717) is 19.6 Å². The van der Waals surface area contributed by atoms with Gasteiger partial charge in [-0.1, -0.05) is 90.4 Å². The van der Waals surface area contributed by atoms with Crippen molar-refractivity contribution in [3.8, 4) is 0 Å². The minimum Gasteiger partial charge on any atom is -0.466 e. The van der Waals surface area contributed by atoms with Crippen LogP contribution in [0, 0.1) is 0 Å². The molecule has 0 saturated carbocycles. The highest BCUT2D eigenvalue weighted by Gasteiger charge is 2.02. The summed E-state index contributed by atoms with van der Waals surface area (Å²) in [5, 5.41) is 10.8. The highest BCUT2D eigenvalue weighted by atomic mass is 16.5. The Balaban J connectivity index is 3.15. The predicted octanol–water partition coefficient (Wildman–Crippen LogP) is 6.45. The van der Waals surface area contributed by atoms with Crippen LogP contribution >= 0.6 is 0 Å². The van der Waals surface area contributed by atoms with E-state index in [0.717, 1.165) is 38.5 Å². The zero-order valence-corrected chi connectivity index (χ0v) is 17.6. The van der Waals surface area contributed by atoms with Crippen molar-refractivity contribution in [3.05, 3.63) is 0 Å². The van der Waals surface area contributed by atoms with Crippen LogP contribution in [0.25, 0.3) is 0 Å². The van der Waals surface area contributed by atoms with Gasteiger partial charge >= 0.3 is 12.1 Å². The smallest absolute Gasteiger partial charge is 0.404 e. The molecule has 27 heavy (non-hydrogen) atoms. The largest absolute Gasteiger partial charge is 0.466 e. The minimum atomic E-state index is -0.976. The van der Waals surface area contributed by atoms with Gasteiger partial charge in [0.2, 0.25) is 0 Å². The van der Waals surface area contributed by atoms with E-state index in [-0.39, 0.29) is 5.97 Å². The van der Waals surface area contributed by atoms with Crippen molar-refractivity contribution in [2.24, 2.45) is 0 Å². The quantitative estimate of drug-likeness (QED) is 0.186. The van der Waals surface area contributed by atoms with Crippen molar-refractivity contribution in [1.82, 2.24) is 5.32 Å². The second-order valence-electron chi connectivity index (χ2n) is 7.51. The number of ether oxygens (including phenoxy) is 1. The third-order valence-electron chi connectivity index (χ3n) is 4.84. The summed E-state index contributed by atoms with van der Waals surface area (Å²) in [5.41, 5.74) is 0. The fraction of sp³-hybridized carbons (Fsp3) is 0.909. The van der Waals surface area contributed by atoms with Crippen LogP contribution in [0.1, 0.15) is 116 Å². The van der Waals surface area contributed by atoms with E-state index in [1.54, 1.807) is 0 Å². The number of hydrogen-bond acceptors (Lipinski definition) is 3. The van der Waals surface area contributed by atoms with E-state index in [1.807, 2.05) is 0 Å². The second-order valence-corrected chi connectivity index (χ2v) is 7.51. The molecule has 5 heteroatoms. The van der Waals surface area contributed by atoms with Crippen LogP contribution in [0.15, 0.2) is 0 Å². The van der Waals surface area contributed by atoms with Gasteiger partial charge in [-0.25, -0.2) is 4.79 Å². The Morgan fingerprint density at radius 2 is 1.19 bits per heavy atom. The molecule has 0 bridgehead atoms. The van der Waals surface area contributed by atoms with Gasteiger partial charge in [0.15, 0.2) is 0 Å². The molecule has 160 valence electrons. The van der Waals surface area contributed by atoms with Crippen LogP contribution in [0.5, 0.6) is 0 Å². The van der Waals surface area contributed by atoms with Gasteiger partial charge < -0.3 is 15.2 Å². The highest BCUT2D eigenvalue weighted by Crippen LogP contribution is 2.12. The van der Waals surface area contributed by atoms with Crippen molar-refractivity contribution in [3.63, 3.8) is 0 Å². The molecule has 1 amide bonds. The number of carboxylic acid groups (broad SMARTS) is 1. The average molecular weight is 386 g/mol. The maximum atomic E-state index is 11.6. The van der Waals surface area contributed by atoms with E-state index >= 15 is 0 Å². The number of unbranched alkanes of at least 4 members (excludes halogenated alkanes) is 14. The maximum absolute atomic E-state index is 11.6. The fourth-order valence-corrected chi connectivity index (χ4v) is 3.14. The summed E-state index contributed by atoms with van der Waals surface area (Å²) in [6.07, 6.45) is 18.7. The van der Waals surface area contributed by atoms with Crippen molar-refractivity contribution in [2.45, 2.75) is 116 Å². The molecule has 0 aliphatic carbocycles. The fourth-order valence-electron chi connectivity index (χ4n) is 3.14. The van der Waals surface area contributed by atoms with E-state index < -0.39 is 6.09 Å². The summed E-state index contributed by atoms with van der Waals surface area (Å²) in [5.74, 6) is -0.0956.